The molecular formula is C14H15Br2ClN2O. The highest BCUT2D eigenvalue weighted by Gasteiger charge is 2.19. The maximum Gasteiger partial charge on any atom is 0.0860 e. The number of aromatic nitrogens is 2. The summed E-state index contributed by atoms with van der Waals surface area (Å²) in [4.78, 5) is 0. The first-order chi connectivity index (χ1) is 9.45. The lowest BCUT2D eigenvalue weighted by atomic mass is 10.0. The standard InChI is InChI=1S/C14H15Br2ClN2O/c1-3-10-13(16)11(19(2)18-10)7-12(20)8-5-4-6-9(15)14(8)17/h4-6,12,20H,3,7H2,1-2H3. The van der Waals surface area contributed by atoms with Gasteiger partial charge in [0, 0.05) is 23.5 Å². The zero-order valence-corrected chi connectivity index (χ0v) is 15.1. The van der Waals surface area contributed by atoms with Crippen LogP contribution in [0.2, 0.25) is 5.02 Å². The predicted molar refractivity (Wildman–Crippen MR) is 88.1 cm³/mol. The number of nitrogens with zero attached hydrogens (tertiary/aromatic N) is 2. The summed E-state index contributed by atoms with van der Waals surface area (Å²) in [7, 11) is 1.88. The minimum absolute atomic E-state index is 0.459. The van der Waals surface area contributed by atoms with Crippen molar-refractivity contribution < 1.29 is 5.11 Å². The second kappa shape index (κ2) is 6.60. The Bertz CT molecular complexity index is 628. The summed E-state index contributed by atoms with van der Waals surface area (Å²) < 4.78 is 3.56. The largest absolute Gasteiger partial charge is 0.388 e. The van der Waals surface area contributed by atoms with Gasteiger partial charge >= 0.3 is 0 Å². The van der Waals surface area contributed by atoms with Gasteiger partial charge in [0.15, 0.2) is 0 Å². The monoisotopic (exact) mass is 420 g/mol. The first-order valence-corrected chi connectivity index (χ1v) is 8.24. The van der Waals surface area contributed by atoms with Crippen LogP contribution in [-0.4, -0.2) is 14.9 Å². The van der Waals surface area contributed by atoms with Crippen LogP contribution >= 0.6 is 43.5 Å². The van der Waals surface area contributed by atoms with Crippen molar-refractivity contribution in [1.82, 2.24) is 9.78 Å². The molecule has 0 amide bonds. The molecular weight excluding hydrogens is 407 g/mol. The second-order valence-corrected chi connectivity index (χ2v) is 6.57. The smallest absolute Gasteiger partial charge is 0.0860 e. The van der Waals surface area contributed by atoms with E-state index in [9.17, 15) is 5.11 Å². The third-order valence-electron chi connectivity index (χ3n) is 3.23. The van der Waals surface area contributed by atoms with Gasteiger partial charge in [-0.1, -0.05) is 30.7 Å². The van der Waals surface area contributed by atoms with Crippen LogP contribution < -0.4 is 0 Å². The summed E-state index contributed by atoms with van der Waals surface area (Å²) >= 11 is 13.2. The molecule has 6 heteroatoms. The second-order valence-electron chi connectivity index (χ2n) is 4.55. The topological polar surface area (TPSA) is 38.0 Å². The maximum absolute atomic E-state index is 10.4. The van der Waals surface area contributed by atoms with Crippen molar-refractivity contribution in [2.75, 3.05) is 0 Å². The quantitative estimate of drug-likeness (QED) is 0.791. The highest BCUT2D eigenvalue weighted by Crippen LogP contribution is 2.33. The van der Waals surface area contributed by atoms with Gasteiger partial charge in [0.25, 0.3) is 0 Å². The molecule has 20 heavy (non-hydrogen) atoms. The SMILES string of the molecule is CCc1nn(C)c(CC(O)c2cccc(Br)c2Cl)c1Br. The number of aryl methyl sites for hydroxylation is 2. The van der Waals surface area contributed by atoms with Crippen molar-refractivity contribution in [1.29, 1.82) is 0 Å². The van der Waals surface area contributed by atoms with E-state index in [1.807, 2.05) is 25.2 Å². The Labute approximate surface area is 140 Å². The molecule has 0 saturated carbocycles. The molecule has 3 nitrogen and oxygen atoms in total. The Balaban J connectivity index is 2.30. The summed E-state index contributed by atoms with van der Waals surface area (Å²) in [5.74, 6) is 0. The van der Waals surface area contributed by atoms with E-state index in [0.29, 0.717) is 17.0 Å². The van der Waals surface area contributed by atoms with Crippen LogP contribution in [-0.2, 0) is 19.9 Å². The molecule has 0 fully saturated rings. The van der Waals surface area contributed by atoms with E-state index in [1.54, 1.807) is 4.68 Å². The third kappa shape index (κ3) is 3.11. The van der Waals surface area contributed by atoms with Crippen LogP contribution in [0.15, 0.2) is 27.1 Å². The van der Waals surface area contributed by atoms with E-state index in [1.165, 1.54) is 0 Å². The first kappa shape index (κ1) is 16.0. The molecule has 0 aliphatic carbocycles. The molecule has 2 rings (SSSR count). The molecule has 1 aromatic carbocycles. The van der Waals surface area contributed by atoms with Crippen molar-refractivity contribution in [3.63, 3.8) is 0 Å². The lowest BCUT2D eigenvalue weighted by Gasteiger charge is -2.14. The van der Waals surface area contributed by atoms with Crippen LogP contribution in [0, 0.1) is 0 Å². The van der Waals surface area contributed by atoms with E-state index < -0.39 is 6.10 Å². The average molecular weight is 423 g/mol. The fraction of sp³-hybridized carbons (Fsp3) is 0.357. The van der Waals surface area contributed by atoms with Gasteiger partial charge < -0.3 is 5.11 Å². The van der Waals surface area contributed by atoms with Crippen molar-refractivity contribution in [3.05, 3.63) is 49.1 Å². The molecule has 1 atom stereocenters. The van der Waals surface area contributed by atoms with E-state index >= 15 is 0 Å². The molecule has 0 bridgehead atoms. The Morgan fingerprint density at radius 2 is 2.10 bits per heavy atom. The van der Waals surface area contributed by atoms with Crippen LogP contribution in [0.4, 0.5) is 0 Å². The Morgan fingerprint density at radius 1 is 1.40 bits per heavy atom. The van der Waals surface area contributed by atoms with Crippen LogP contribution in [0.1, 0.15) is 30.0 Å². The molecule has 108 valence electrons. The van der Waals surface area contributed by atoms with Crippen LogP contribution in [0.3, 0.4) is 0 Å². The van der Waals surface area contributed by atoms with E-state index in [4.69, 9.17) is 11.6 Å². The minimum Gasteiger partial charge on any atom is -0.388 e. The molecule has 0 saturated heterocycles. The Kier molecular flexibility index (Phi) is 5.29. The van der Waals surface area contributed by atoms with E-state index in [2.05, 4.69) is 43.9 Å². The van der Waals surface area contributed by atoms with Gasteiger partial charge in [0.1, 0.15) is 0 Å². The molecule has 0 radical (unpaired) electrons. The average Bonchev–Trinajstić information content (AvgIpc) is 2.69. The predicted octanol–water partition coefficient (Wildman–Crippen LogP) is 4.44. The van der Waals surface area contributed by atoms with E-state index in [-0.39, 0.29) is 0 Å². The number of halogens is 3. The lowest BCUT2D eigenvalue weighted by Crippen LogP contribution is -2.07. The van der Waals surface area contributed by atoms with Gasteiger partial charge in [0.2, 0.25) is 0 Å². The number of hydrogen-bond acceptors (Lipinski definition) is 2. The van der Waals surface area contributed by atoms with Crippen molar-refractivity contribution in [3.8, 4) is 0 Å². The fourth-order valence-electron chi connectivity index (χ4n) is 2.11. The fourth-order valence-corrected chi connectivity index (χ4v) is 3.52. The Hall–Kier alpha value is -0.360. The zero-order chi connectivity index (χ0) is 14.9. The van der Waals surface area contributed by atoms with Gasteiger partial charge in [-0.05, 0) is 44.3 Å². The first-order valence-electron chi connectivity index (χ1n) is 6.27. The number of hydrogen-bond donors (Lipinski definition) is 1. The summed E-state index contributed by atoms with van der Waals surface area (Å²) in [5, 5.41) is 15.4. The van der Waals surface area contributed by atoms with Crippen molar-refractivity contribution in [2.45, 2.75) is 25.9 Å². The van der Waals surface area contributed by atoms with Crippen LogP contribution in [0.5, 0.6) is 0 Å². The van der Waals surface area contributed by atoms with Gasteiger partial charge in [-0.2, -0.15) is 5.10 Å². The molecule has 0 aliphatic rings. The van der Waals surface area contributed by atoms with Gasteiger partial charge in [-0.25, -0.2) is 0 Å². The molecule has 1 N–H and O–H groups in total. The van der Waals surface area contributed by atoms with Crippen molar-refractivity contribution >= 4 is 43.5 Å². The molecule has 2 aromatic rings. The summed E-state index contributed by atoms with van der Waals surface area (Å²) in [6, 6.07) is 5.56. The molecule has 0 spiro atoms. The minimum atomic E-state index is -0.670. The number of rotatable bonds is 4. The van der Waals surface area contributed by atoms with Gasteiger partial charge in [-0.15, -0.1) is 0 Å². The maximum atomic E-state index is 10.4. The highest BCUT2D eigenvalue weighted by atomic mass is 79.9. The summed E-state index contributed by atoms with van der Waals surface area (Å²) in [6.07, 6.45) is 0.638. The third-order valence-corrected chi connectivity index (χ3v) is 5.46. The Morgan fingerprint density at radius 3 is 2.70 bits per heavy atom. The molecule has 1 heterocycles. The summed E-state index contributed by atoms with van der Waals surface area (Å²) in [5.41, 5.74) is 2.67. The molecule has 1 unspecified atom stereocenters. The number of aliphatic hydroxyl groups excluding tert-OH is 1. The number of benzene rings is 1. The van der Waals surface area contributed by atoms with Gasteiger partial charge in [0.05, 0.1) is 27.0 Å². The van der Waals surface area contributed by atoms with Crippen LogP contribution in [0.25, 0.3) is 0 Å². The molecule has 1 aromatic heterocycles. The normalized spacial score (nSPS) is 12.7. The number of aliphatic hydroxyl groups is 1. The zero-order valence-electron chi connectivity index (χ0n) is 11.2. The van der Waals surface area contributed by atoms with Gasteiger partial charge in [-0.3, -0.25) is 4.68 Å². The summed E-state index contributed by atoms with van der Waals surface area (Å²) in [6.45, 7) is 2.05. The van der Waals surface area contributed by atoms with Crippen molar-refractivity contribution in [2.24, 2.45) is 7.05 Å². The van der Waals surface area contributed by atoms with E-state index in [0.717, 1.165) is 26.8 Å². The lowest BCUT2D eigenvalue weighted by molar-refractivity contribution is 0.175. The molecule has 0 aliphatic heterocycles. The highest BCUT2D eigenvalue weighted by molar-refractivity contribution is 9.10.